The number of fused-ring (bicyclic) bond motifs is 1. The molecule has 0 bridgehead atoms. The maximum atomic E-state index is 12.7. The second-order valence-electron chi connectivity index (χ2n) is 10.3. The minimum absolute atomic E-state index is 0.0769. The van der Waals surface area contributed by atoms with Crippen LogP contribution in [0, 0.1) is 10.1 Å². The number of hydrogen-bond donors (Lipinski definition) is 0. The molecule has 2 atom stereocenters. The van der Waals surface area contributed by atoms with Gasteiger partial charge in [-0.15, -0.1) is 11.8 Å². The van der Waals surface area contributed by atoms with Gasteiger partial charge in [0.15, 0.2) is 0 Å². The smallest absolute Gasteiger partial charge is 0.331 e. The molecule has 0 radical (unpaired) electrons. The third kappa shape index (κ3) is 8.55. The highest BCUT2D eigenvalue weighted by Gasteiger charge is 2.28. The average molecular weight is 554 g/mol. The SMILES string of the molecule is CC(=C/C(C)=C/c1ccc([N+](=O)[O-])cc1)/C=C(C)\C=C\C(=O)O[C@@H]1CCCC[C@H]1Sc1ccc2ccccc2c1. The number of thioether (sulfide) groups is 1. The van der Waals surface area contributed by atoms with Gasteiger partial charge in [-0.3, -0.25) is 10.1 Å². The second-order valence-corrected chi connectivity index (χ2v) is 11.6. The van der Waals surface area contributed by atoms with Crippen LogP contribution in [0.1, 0.15) is 52.0 Å². The first kappa shape index (κ1) is 29.1. The van der Waals surface area contributed by atoms with E-state index in [4.69, 9.17) is 4.74 Å². The third-order valence-corrected chi connectivity index (χ3v) is 8.18. The normalized spacial score (nSPS) is 18.7. The van der Waals surface area contributed by atoms with E-state index >= 15 is 0 Å². The molecule has 0 aliphatic heterocycles. The van der Waals surface area contributed by atoms with Crippen LogP contribution in [0.2, 0.25) is 0 Å². The molecule has 0 spiro atoms. The first-order valence-electron chi connectivity index (χ1n) is 13.6. The summed E-state index contributed by atoms with van der Waals surface area (Å²) in [4.78, 5) is 24.4. The molecule has 1 aliphatic carbocycles. The minimum Gasteiger partial charge on any atom is -0.458 e. The largest absolute Gasteiger partial charge is 0.458 e. The fraction of sp³-hybridized carbons (Fsp3) is 0.265. The molecule has 3 aromatic rings. The summed E-state index contributed by atoms with van der Waals surface area (Å²) in [5.74, 6) is -0.306. The number of nitrogens with zero attached hydrogens (tertiary/aromatic N) is 1. The second kappa shape index (κ2) is 13.9. The average Bonchev–Trinajstić information content (AvgIpc) is 2.93. The van der Waals surface area contributed by atoms with Crippen LogP contribution in [0.3, 0.4) is 0 Å². The Morgan fingerprint density at radius 1 is 0.875 bits per heavy atom. The lowest BCUT2D eigenvalue weighted by molar-refractivity contribution is -0.384. The zero-order chi connectivity index (χ0) is 28.5. The lowest BCUT2D eigenvalue weighted by atomic mass is 9.97. The molecule has 206 valence electrons. The fourth-order valence-electron chi connectivity index (χ4n) is 4.94. The van der Waals surface area contributed by atoms with Crippen LogP contribution in [0.25, 0.3) is 16.8 Å². The first-order valence-corrected chi connectivity index (χ1v) is 14.5. The lowest BCUT2D eigenvalue weighted by Gasteiger charge is -2.30. The van der Waals surface area contributed by atoms with Crippen LogP contribution >= 0.6 is 11.8 Å². The third-order valence-electron chi connectivity index (χ3n) is 6.81. The van der Waals surface area contributed by atoms with Crippen molar-refractivity contribution in [2.45, 2.75) is 62.7 Å². The minimum atomic E-state index is -0.403. The van der Waals surface area contributed by atoms with Gasteiger partial charge < -0.3 is 4.74 Å². The van der Waals surface area contributed by atoms with Crippen LogP contribution in [0.15, 0.2) is 113 Å². The Morgan fingerprint density at radius 2 is 1.57 bits per heavy atom. The maximum absolute atomic E-state index is 12.7. The summed E-state index contributed by atoms with van der Waals surface area (Å²) in [6.45, 7) is 5.94. The number of hydrogen-bond acceptors (Lipinski definition) is 5. The number of ether oxygens (including phenoxy) is 1. The van der Waals surface area contributed by atoms with Crippen LogP contribution in [0.5, 0.6) is 0 Å². The fourth-order valence-corrected chi connectivity index (χ4v) is 6.26. The van der Waals surface area contributed by atoms with Crippen molar-refractivity contribution in [3.05, 3.63) is 123 Å². The van der Waals surface area contributed by atoms with Crippen molar-refractivity contribution in [2.75, 3.05) is 0 Å². The molecular formula is C34H35NO4S. The molecular weight excluding hydrogens is 518 g/mol. The van der Waals surface area contributed by atoms with Crippen molar-refractivity contribution in [1.82, 2.24) is 0 Å². The van der Waals surface area contributed by atoms with E-state index in [1.54, 1.807) is 18.2 Å². The van der Waals surface area contributed by atoms with Gasteiger partial charge in [-0.2, -0.15) is 0 Å². The quantitative estimate of drug-likeness (QED) is 0.0868. The molecule has 1 aliphatic rings. The molecule has 0 amide bonds. The van der Waals surface area contributed by atoms with Crippen molar-refractivity contribution in [3.8, 4) is 0 Å². The summed E-state index contributed by atoms with van der Waals surface area (Å²) in [5.41, 5.74) is 3.97. The van der Waals surface area contributed by atoms with Crippen molar-refractivity contribution in [1.29, 1.82) is 0 Å². The van der Waals surface area contributed by atoms with Gasteiger partial charge >= 0.3 is 5.97 Å². The molecule has 4 rings (SSSR count). The van der Waals surface area contributed by atoms with E-state index in [-0.39, 0.29) is 23.0 Å². The van der Waals surface area contributed by atoms with E-state index in [1.807, 2.05) is 50.8 Å². The Morgan fingerprint density at radius 3 is 2.33 bits per heavy atom. The Kier molecular flexibility index (Phi) is 10.1. The molecule has 1 fully saturated rings. The van der Waals surface area contributed by atoms with Gasteiger partial charge in [-0.25, -0.2) is 4.79 Å². The van der Waals surface area contributed by atoms with E-state index < -0.39 is 4.92 Å². The number of rotatable bonds is 9. The van der Waals surface area contributed by atoms with Crippen LogP contribution in [0.4, 0.5) is 5.69 Å². The number of nitro benzene ring substituents is 1. The molecule has 0 N–H and O–H groups in total. The highest BCUT2D eigenvalue weighted by molar-refractivity contribution is 8.00. The topological polar surface area (TPSA) is 69.4 Å². The lowest BCUT2D eigenvalue weighted by Crippen LogP contribution is -2.31. The van der Waals surface area contributed by atoms with Crippen molar-refractivity contribution in [3.63, 3.8) is 0 Å². The summed E-state index contributed by atoms with van der Waals surface area (Å²) in [6, 6.07) is 21.4. The maximum Gasteiger partial charge on any atom is 0.331 e. The molecule has 5 nitrogen and oxygen atoms in total. The van der Waals surface area contributed by atoms with Crippen LogP contribution < -0.4 is 0 Å². The predicted molar refractivity (Wildman–Crippen MR) is 165 cm³/mol. The highest BCUT2D eigenvalue weighted by atomic mass is 32.2. The van der Waals surface area contributed by atoms with Crippen molar-refractivity contribution >= 4 is 40.3 Å². The zero-order valence-corrected chi connectivity index (χ0v) is 24.0. The number of benzene rings is 3. The van der Waals surface area contributed by atoms with E-state index in [0.29, 0.717) is 0 Å². The monoisotopic (exact) mass is 553 g/mol. The molecule has 1 saturated carbocycles. The van der Waals surface area contributed by atoms with E-state index in [0.717, 1.165) is 48.0 Å². The van der Waals surface area contributed by atoms with Gasteiger partial charge in [0, 0.05) is 28.4 Å². The molecule has 0 saturated heterocycles. The number of carbonyl (C=O) groups excluding carboxylic acids is 1. The summed E-state index contributed by atoms with van der Waals surface area (Å²) in [6.07, 6.45) is 13.4. The predicted octanol–water partition coefficient (Wildman–Crippen LogP) is 9.25. The zero-order valence-electron chi connectivity index (χ0n) is 23.2. The molecule has 0 aromatic heterocycles. The molecule has 40 heavy (non-hydrogen) atoms. The highest BCUT2D eigenvalue weighted by Crippen LogP contribution is 2.36. The van der Waals surface area contributed by atoms with Crippen LogP contribution in [-0.2, 0) is 9.53 Å². The van der Waals surface area contributed by atoms with Gasteiger partial charge in [0.25, 0.3) is 5.69 Å². The Balaban J connectivity index is 1.34. The first-order chi connectivity index (χ1) is 19.3. The van der Waals surface area contributed by atoms with E-state index in [1.165, 1.54) is 33.9 Å². The number of non-ortho nitro benzene ring substituents is 1. The summed E-state index contributed by atoms with van der Waals surface area (Å²) in [7, 11) is 0. The number of allylic oxidation sites excluding steroid dienone is 6. The Labute approximate surface area is 240 Å². The number of carbonyl (C=O) groups is 1. The standard InChI is InChI=1S/C34H35NO4S/c1-24(20-25(2)21-26(3)22-27-13-16-30(17-14-27)35(37)38)12-19-34(36)39-32-10-6-7-11-33(32)40-31-18-15-28-8-4-5-9-29(28)23-31/h4-5,8-9,12-23,32-33H,6-7,10-11H2,1-3H3/b19-12+,24-20-,25-21-,26-22+/t32-,33-/m1/s1. The Hall–Kier alpha value is -3.90. The van der Waals surface area contributed by atoms with Gasteiger partial charge in [-0.1, -0.05) is 77.8 Å². The Bertz CT molecular complexity index is 1480. The van der Waals surface area contributed by atoms with Gasteiger partial charge in [-0.05, 0) is 80.6 Å². The summed E-state index contributed by atoms with van der Waals surface area (Å²) >= 11 is 1.81. The molecule has 6 heteroatoms. The van der Waals surface area contributed by atoms with Crippen LogP contribution in [-0.4, -0.2) is 22.2 Å². The summed E-state index contributed by atoms with van der Waals surface area (Å²) in [5, 5.41) is 13.5. The van der Waals surface area contributed by atoms with Crippen molar-refractivity contribution in [2.24, 2.45) is 0 Å². The van der Waals surface area contributed by atoms with Gasteiger partial charge in [0.05, 0.1) is 4.92 Å². The number of esters is 1. The molecule has 0 heterocycles. The number of nitro groups is 1. The molecule has 0 unspecified atom stereocenters. The van der Waals surface area contributed by atoms with Gasteiger partial charge in [0.2, 0.25) is 0 Å². The van der Waals surface area contributed by atoms with Gasteiger partial charge in [0.1, 0.15) is 6.10 Å². The summed E-state index contributed by atoms with van der Waals surface area (Å²) < 4.78 is 5.93. The van der Waals surface area contributed by atoms with Crippen molar-refractivity contribution < 1.29 is 14.5 Å². The molecule has 3 aromatic carbocycles. The van der Waals surface area contributed by atoms with E-state index in [9.17, 15) is 14.9 Å². The van der Waals surface area contributed by atoms with E-state index in [2.05, 4.69) is 42.5 Å².